The minimum absolute atomic E-state index is 0.0493. The van der Waals surface area contributed by atoms with E-state index in [0.29, 0.717) is 17.1 Å². The largest absolute Gasteiger partial charge is 0.710 e. The van der Waals surface area contributed by atoms with Gasteiger partial charge >= 0.3 is 0 Å². The third-order valence-electron chi connectivity index (χ3n) is 6.41. The van der Waals surface area contributed by atoms with Crippen LogP contribution in [0.2, 0.25) is 0 Å². The van der Waals surface area contributed by atoms with E-state index in [4.69, 9.17) is 4.74 Å². The Hall–Kier alpha value is -3.41. The molecule has 2 heterocycles. The Morgan fingerprint density at radius 3 is 2.59 bits per heavy atom. The first-order valence-corrected chi connectivity index (χ1v) is 11.0. The van der Waals surface area contributed by atoms with E-state index < -0.39 is 11.6 Å². The molecule has 6 heteroatoms. The molecule has 0 unspecified atom stereocenters. The summed E-state index contributed by atoms with van der Waals surface area (Å²) in [5, 5.41) is 13.2. The predicted octanol–water partition coefficient (Wildman–Crippen LogP) is 6.58. The highest BCUT2D eigenvalue weighted by atomic mass is 19.1. The van der Waals surface area contributed by atoms with Crippen molar-refractivity contribution in [1.82, 2.24) is 4.98 Å². The van der Waals surface area contributed by atoms with Gasteiger partial charge < -0.3 is 9.94 Å². The van der Waals surface area contributed by atoms with E-state index in [1.165, 1.54) is 37.0 Å². The molecule has 0 amide bonds. The molecule has 1 saturated carbocycles. The zero-order valence-electron chi connectivity index (χ0n) is 17.8. The molecule has 164 valence electrons. The molecule has 4 nitrogen and oxygen atoms in total. The number of aromatic amines is 1. The maximum absolute atomic E-state index is 14.3. The summed E-state index contributed by atoms with van der Waals surface area (Å²) in [4.78, 5) is 3.00. The van der Waals surface area contributed by atoms with Crippen molar-refractivity contribution in [1.29, 1.82) is 0 Å². The number of H-pyrrole nitrogens is 1. The van der Waals surface area contributed by atoms with Gasteiger partial charge in [-0.25, -0.2) is 18.5 Å². The summed E-state index contributed by atoms with van der Waals surface area (Å²) in [5.41, 5.74) is 3.76. The van der Waals surface area contributed by atoms with Crippen molar-refractivity contribution in [2.45, 2.75) is 39.0 Å². The number of rotatable bonds is 6. The highest BCUT2D eigenvalue weighted by molar-refractivity contribution is 5.93. The Balaban J connectivity index is 1.60. The summed E-state index contributed by atoms with van der Waals surface area (Å²) in [6.45, 7) is 1.75. The fourth-order valence-corrected chi connectivity index (χ4v) is 4.35. The van der Waals surface area contributed by atoms with E-state index in [-0.39, 0.29) is 5.75 Å². The quantitative estimate of drug-likeness (QED) is 0.275. The second kappa shape index (κ2) is 8.26. The fraction of sp³-hybridized carbons (Fsp3) is 0.269. The van der Waals surface area contributed by atoms with Crippen molar-refractivity contribution in [2.75, 3.05) is 0 Å². The van der Waals surface area contributed by atoms with Crippen LogP contribution in [0.3, 0.4) is 0 Å². The maximum atomic E-state index is 14.3. The molecule has 1 aliphatic rings. The zero-order valence-corrected chi connectivity index (χ0v) is 17.8. The van der Waals surface area contributed by atoms with E-state index in [9.17, 15) is 14.0 Å². The predicted molar refractivity (Wildman–Crippen MR) is 120 cm³/mol. The topological polar surface area (TPSA) is 52.0 Å². The first-order valence-electron chi connectivity index (χ1n) is 11.0. The Bertz CT molecular complexity index is 1290. The van der Waals surface area contributed by atoms with Crippen molar-refractivity contribution in [3.8, 4) is 22.6 Å². The van der Waals surface area contributed by atoms with Crippen LogP contribution in [0.4, 0.5) is 8.78 Å². The molecule has 2 aromatic heterocycles. The second-order valence-electron chi connectivity index (χ2n) is 8.58. The number of hydrogen-bond acceptors (Lipinski definition) is 2. The third-order valence-corrected chi connectivity index (χ3v) is 6.41. The molecular formula is C26H24F2N2O2. The van der Waals surface area contributed by atoms with Gasteiger partial charge in [0.25, 0.3) is 5.65 Å². The van der Waals surface area contributed by atoms with E-state index >= 15 is 0 Å². The molecule has 0 spiro atoms. The SMILES string of the molecule is Cc1cc(-c2cc(CCC3CCC3)ccc2Oc2ccc(F)cc2F)c2cc[nH]c2[n+]1[O-]. The maximum Gasteiger partial charge on any atom is 0.290 e. The number of benzene rings is 2. The molecule has 2 aromatic carbocycles. The van der Waals surface area contributed by atoms with Crippen LogP contribution in [-0.2, 0) is 6.42 Å². The zero-order chi connectivity index (χ0) is 22.2. The lowest BCUT2D eigenvalue weighted by Gasteiger charge is -2.25. The summed E-state index contributed by atoms with van der Waals surface area (Å²) in [7, 11) is 0. The van der Waals surface area contributed by atoms with Gasteiger partial charge in [0, 0.05) is 17.2 Å². The molecule has 1 fully saturated rings. The average molecular weight is 434 g/mol. The summed E-state index contributed by atoms with van der Waals surface area (Å²) < 4.78 is 34.5. The highest BCUT2D eigenvalue weighted by Crippen LogP contribution is 2.39. The summed E-state index contributed by atoms with van der Waals surface area (Å²) in [6, 6.07) is 12.8. The Labute approximate surface area is 185 Å². The summed E-state index contributed by atoms with van der Waals surface area (Å²) >= 11 is 0. The first-order chi connectivity index (χ1) is 15.5. The number of ether oxygens (including phenoxy) is 1. The molecule has 0 atom stereocenters. The van der Waals surface area contributed by atoms with E-state index in [1.807, 2.05) is 24.3 Å². The van der Waals surface area contributed by atoms with Crippen molar-refractivity contribution in [2.24, 2.45) is 5.92 Å². The monoisotopic (exact) mass is 434 g/mol. The van der Waals surface area contributed by atoms with Crippen LogP contribution in [0.25, 0.3) is 22.2 Å². The van der Waals surface area contributed by atoms with Gasteiger partial charge in [0.2, 0.25) is 0 Å². The molecule has 1 N–H and O–H groups in total. The van der Waals surface area contributed by atoms with Gasteiger partial charge in [0.1, 0.15) is 17.3 Å². The number of nitrogens with one attached hydrogen (secondary N) is 1. The van der Waals surface area contributed by atoms with E-state index in [0.717, 1.165) is 46.1 Å². The van der Waals surface area contributed by atoms with Gasteiger partial charge in [-0.15, -0.1) is 0 Å². The van der Waals surface area contributed by atoms with Gasteiger partial charge in [0.15, 0.2) is 11.6 Å². The van der Waals surface area contributed by atoms with Crippen LogP contribution in [0, 0.1) is 29.7 Å². The standard InChI is InChI=1S/C26H24F2N2O2/c1-16-13-21(20-11-12-29-26(20)30(16)31)22-14-18(6-5-17-3-2-4-17)7-9-24(22)32-25-10-8-19(27)15-23(25)28/h7-15,17,29H,2-6H2,1H3. The molecule has 32 heavy (non-hydrogen) atoms. The van der Waals surface area contributed by atoms with Crippen molar-refractivity contribution in [3.63, 3.8) is 0 Å². The molecule has 1 aliphatic carbocycles. The van der Waals surface area contributed by atoms with Crippen molar-refractivity contribution >= 4 is 11.0 Å². The van der Waals surface area contributed by atoms with Gasteiger partial charge in [0.05, 0.1) is 11.6 Å². The van der Waals surface area contributed by atoms with Crippen LogP contribution in [0.15, 0.2) is 54.7 Å². The highest BCUT2D eigenvalue weighted by Gasteiger charge is 2.20. The molecular weight excluding hydrogens is 410 g/mol. The number of halogens is 2. The van der Waals surface area contributed by atoms with Crippen LogP contribution >= 0.6 is 0 Å². The lowest BCUT2D eigenvalue weighted by atomic mass is 9.81. The van der Waals surface area contributed by atoms with E-state index in [1.54, 1.807) is 13.1 Å². The molecule has 0 radical (unpaired) electrons. The van der Waals surface area contributed by atoms with Crippen LogP contribution in [-0.4, -0.2) is 4.98 Å². The smallest absolute Gasteiger partial charge is 0.290 e. The van der Waals surface area contributed by atoms with Crippen LogP contribution in [0.1, 0.15) is 36.9 Å². The van der Waals surface area contributed by atoms with Gasteiger partial charge in [-0.2, -0.15) is 0 Å². The summed E-state index contributed by atoms with van der Waals surface area (Å²) in [5.74, 6) is -0.231. The fourth-order valence-electron chi connectivity index (χ4n) is 4.35. The molecule has 0 saturated heterocycles. The first kappa shape index (κ1) is 20.5. The average Bonchev–Trinajstić information content (AvgIpc) is 3.23. The lowest BCUT2D eigenvalue weighted by molar-refractivity contribution is -0.586. The van der Waals surface area contributed by atoms with Crippen LogP contribution < -0.4 is 9.47 Å². The van der Waals surface area contributed by atoms with Crippen molar-refractivity contribution < 1.29 is 18.2 Å². The minimum Gasteiger partial charge on any atom is -0.710 e. The van der Waals surface area contributed by atoms with Crippen molar-refractivity contribution in [3.05, 3.63) is 82.8 Å². The normalized spacial score (nSPS) is 14.0. The number of pyridine rings is 1. The number of fused-ring (bicyclic) bond motifs is 1. The van der Waals surface area contributed by atoms with Gasteiger partial charge in [-0.3, -0.25) is 0 Å². The van der Waals surface area contributed by atoms with Gasteiger partial charge in [-0.05, 0) is 67.6 Å². The second-order valence-corrected chi connectivity index (χ2v) is 8.58. The Kier molecular flexibility index (Phi) is 5.29. The molecule has 5 rings (SSSR count). The minimum atomic E-state index is -0.765. The van der Waals surface area contributed by atoms with E-state index in [2.05, 4.69) is 11.1 Å². The Morgan fingerprint density at radius 1 is 1.03 bits per heavy atom. The Morgan fingerprint density at radius 2 is 1.84 bits per heavy atom. The summed E-state index contributed by atoms with van der Waals surface area (Å²) in [6.07, 6.45) is 7.72. The lowest BCUT2D eigenvalue weighted by Crippen LogP contribution is -2.31. The molecule has 0 bridgehead atoms. The number of aromatic nitrogens is 2. The van der Waals surface area contributed by atoms with Crippen LogP contribution in [0.5, 0.6) is 11.5 Å². The molecule has 4 aromatic rings. The molecule has 0 aliphatic heterocycles. The number of hydrogen-bond donors (Lipinski definition) is 1. The van der Waals surface area contributed by atoms with Gasteiger partial charge in [-0.1, -0.05) is 25.3 Å². The number of aryl methyl sites for hydroxylation is 2. The number of nitrogens with zero attached hydrogens (tertiary/aromatic N) is 1. The third kappa shape index (κ3) is 3.81.